The van der Waals surface area contributed by atoms with Crippen LogP contribution in [0.3, 0.4) is 0 Å². The highest BCUT2D eigenvalue weighted by atomic mass is 32.1. The van der Waals surface area contributed by atoms with Gasteiger partial charge in [0, 0.05) is 24.4 Å². The van der Waals surface area contributed by atoms with Gasteiger partial charge in [0.2, 0.25) is 5.91 Å². The van der Waals surface area contributed by atoms with Crippen LogP contribution in [0.2, 0.25) is 0 Å². The standard InChI is InChI=1S/C17H18N2O3S/c1-11-18-13(10-23-11)8-16(20)19-7-6-12(9-19)14-4-2-3-5-15(14)17(21)22/h2-5,10,12H,6-9H2,1H3,(H,21,22)/t12-/m1/s1. The average molecular weight is 330 g/mol. The van der Waals surface area contributed by atoms with Crippen molar-refractivity contribution in [3.05, 3.63) is 51.5 Å². The molecule has 0 spiro atoms. The average Bonchev–Trinajstić information content (AvgIpc) is 3.16. The number of aryl methyl sites for hydroxylation is 1. The van der Waals surface area contributed by atoms with Gasteiger partial charge < -0.3 is 10.0 Å². The minimum absolute atomic E-state index is 0.0607. The van der Waals surface area contributed by atoms with Crippen LogP contribution in [0, 0.1) is 6.92 Å². The number of rotatable bonds is 4. The van der Waals surface area contributed by atoms with E-state index in [9.17, 15) is 14.7 Å². The molecule has 2 aromatic rings. The first-order valence-corrected chi connectivity index (χ1v) is 8.43. The van der Waals surface area contributed by atoms with Gasteiger partial charge in [0.1, 0.15) is 0 Å². The van der Waals surface area contributed by atoms with Crippen molar-refractivity contribution >= 4 is 23.2 Å². The minimum Gasteiger partial charge on any atom is -0.478 e. The molecule has 1 atom stereocenters. The maximum atomic E-state index is 12.4. The molecule has 1 saturated heterocycles. The Balaban J connectivity index is 1.69. The minimum atomic E-state index is -0.914. The molecule has 3 rings (SSSR count). The highest BCUT2D eigenvalue weighted by Gasteiger charge is 2.29. The maximum absolute atomic E-state index is 12.4. The zero-order valence-corrected chi connectivity index (χ0v) is 13.7. The first kappa shape index (κ1) is 15.7. The van der Waals surface area contributed by atoms with Crippen LogP contribution in [0.25, 0.3) is 0 Å². The Labute approximate surface area is 138 Å². The summed E-state index contributed by atoms with van der Waals surface area (Å²) in [6.45, 7) is 3.17. The van der Waals surface area contributed by atoms with E-state index in [4.69, 9.17) is 0 Å². The number of hydrogen-bond acceptors (Lipinski definition) is 4. The monoisotopic (exact) mass is 330 g/mol. The van der Waals surface area contributed by atoms with E-state index in [1.807, 2.05) is 29.3 Å². The van der Waals surface area contributed by atoms with E-state index in [1.54, 1.807) is 23.5 Å². The Bertz CT molecular complexity index is 741. The summed E-state index contributed by atoms with van der Waals surface area (Å²) < 4.78 is 0. The number of amides is 1. The lowest BCUT2D eigenvalue weighted by molar-refractivity contribution is -0.129. The number of aromatic nitrogens is 1. The summed E-state index contributed by atoms with van der Waals surface area (Å²) in [5, 5.41) is 12.2. The molecule has 23 heavy (non-hydrogen) atoms. The van der Waals surface area contributed by atoms with Crippen molar-refractivity contribution in [1.29, 1.82) is 0 Å². The van der Waals surface area contributed by atoms with Gasteiger partial charge in [0.25, 0.3) is 0 Å². The largest absolute Gasteiger partial charge is 0.478 e. The third-order valence-electron chi connectivity index (χ3n) is 4.17. The number of carboxylic acids is 1. The fourth-order valence-corrected chi connectivity index (χ4v) is 3.66. The molecule has 5 nitrogen and oxygen atoms in total. The molecular formula is C17H18N2O3S. The van der Waals surface area contributed by atoms with Crippen molar-refractivity contribution in [2.75, 3.05) is 13.1 Å². The van der Waals surface area contributed by atoms with E-state index in [2.05, 4.69) is 4.98 Å². The normalized spacial score (nSPS) is 17.4. The lowest BCUT2D eigenvalue weighted by atomic mass is 9.93. The Hall–Kier alpha value is -2.21. The maximum Gasteiger partial charge on any atom is 0.335 e. The number of carbonyl (C=O) groups excluding carboxylic acids is 1. The van der Waals surface area contributed by atoms with Gasteiger partial charge in [0.15, 0.2) is 0 Å². The summed E-state index contributed by atoms with van der Waals surface area (Å²) in [5.41, 5.74) is 1.97. The number of aromatic carboxylic acids is 1. The topological polar surface area (TPSA) is 70.5 Å². The van der Waals surface area contributed by atoms with Crippen LogP contribution in [0.4, 0.5) is 0 Å². The van der Waals surface area contributed by atoms with Crippen LogP contribution in [0.1, 0.15) is 39.0 Å². The van der Waals surface area contributed by atoms with Gasteiger partial charge in [-0.1, -0.05) is 18.2 Å². The molecule has 0 radical (unpaired) electrons. The third kappa shape index (κ3) is 3.42. The van der Waals surface area contributed by atoms with Gasteiger partial charge in [-0.25, -0.2) is 9.78 Å². The highest BCUT2D eigenvalue weighted by molar-refractivity contribution is 7.09. The Morgan fingerprint density at radius 1 is 1.39 bits per heavy atom. The molecule has 0 saturated carbocycles. The lowest BCUT2D eigenvalue weighted by Crippen LogP contribution is -2.30. The predicted octanol–water partition coefficient (Wildman–Crippen LogP) is 2.71. The first-order chi connectivity index (χ1) is 11.0. The summed E-state index contributed by atoms with van der Waals surface area (Å²) in [5.74, 6) is -0.766. The van der Waals surface area contributed by atoms with Crippen LogP contribution in [-0.2, 0) is 11.2 Å². The van der Waals surface area contributed by atoms with Gasteiger partial charge in [0.05, 0.1) is 22.7 Å². The Kier molecular flexibility index (Phi) is 4.43. The van der Waals surface area contributed by atoms with Gasteiger partial charge in [-0.15, -0.1) is 11.3 Å². The van der Waals surface area contributed by atoms with E-state index in [0.717, 1.165) is 22.7 Å². The molecule has 120 valence electrons. The van der Waals surface area contributed by atoms with Crippen LogP contribution >= 0.6 is 11.3 Å². The number of thiazole rings is 1. The molecule has 1 aliphatic heterocycles. The molecule has 1 amide bonds. The van der Waals surface area contributed by atoms with E-state index in [-0.39, 0.29) is 11.8 Å². The number of nitrogens with zero attached hydrogens (tertiary/aromatic N) is 2. The van der Waals surface area contributed by atoms with Crippen LogP contribution in [0.5, 0.6) is 0 Å². The molecule has 0 unspecified atom stereocenters. The van der Waals surface area contributed by atoms with Crippen LogP contribution < -0.4 is 0 Å². The molecule has 0 bridgehead atoms. The molecule has 1 aromatic carbocycles. The predicted molar refractivity (Wildman–Crippen MR) is 87.9 cm³/mol. The summed E-state index contributed by atoms with van der Waals surface area (Å²) in [4.78, 5) is 29.9. The lowest BCUT2D eigenvalue weighted by Gasteiger charge is -2.17. The second-order valence-electron chi connectivity index (χ2n) is 5.75. The number of carbonyl (C=O) groups is 2. The molecule has 6 heteroatoms. The summed E-state index contributed by atoms with van der Waals surface area (Å²) in [7, 11) is 0. The van der Waals surface area contributed by atoms with Gasteiger partial charge in [-0.05, 0) is 25.0 Å². The van der Waals surface area contributed by atoms with Crippen molar-refractivity contribution in [3.63, 3.8) is 0 Å². The summed E-state index contributed by atoms with van der Waals surface area (Å²) in [6, 6.07) is 7.06. The number of hydrogen-bond donors (Lipinski definition) is 1. The molecule has 1 fully saturated rings. The van der Waals surface area contributed by atoms with E-state index in [1.165, 1.54) is 0 Å². The van der Waals surface area contributed by atoms with E-state index < -0.39 is 5.97 Å². The fraction of sp³-hybridized carbons (Fsp3) is 0.353. The zero-order valence-electron chi connectivity index (χ0n) is 12.9. The SMILES string of the molecule is Cc1nc(CC(=O)N2CC[C@@H](c3ccccc3C(=O)O)C2)cs1. The number of likely N-dealkylation sites (tertiary alicyclic amines) is 1. The van der Waals surface area contributed by atoms with Crippen molar-refractivity contribution < 1.29 is 14.7 Å². The second-order valence-corrected chi connectivity index (χ2v) is 6.81. The summed E-state index contributed by atoms with van der Waals surface area (Å²) >= 11 is 1.54. The number of benzene rings is 1. The van der Waals surface area contributed by atoms with Crippen LogP contribution in [0.15, 0.2) is 29.6 Å². The summed E-state index contributed by atoms with van der Waals surface area (Å²) in [6.07, 6.45) is 1.11. The van der Waals surface area contributed by atoms with Gasteiger partial charge in [-0.2, -0.15) is 0 Å². The number of carboxylic acid groups (broad SMARTS) is 1. The van der Waals surface area contributed by atoms with Gasteiger partial charge >= 0.3 is 5.97 Å². The smallest absolute Gasteiger partial charge is 0.335 e. The molecule has 1 aliphatic rings. The van der Waals surface area contributed by atoms with Crippen molar-refractivity contribution in [1.82, 2.24) is 9.88 Å². The third-order valence-corrected chi connectivity index (χ3v) is 4.99. The molecule has 0 aliphatic carbocycles. The first-order valence-electron chi connectivity index (χ1n) is 7.55. The Morgan fingerprint density at radius 3 is 2.87 bits per heavy atom. The van der Waals surface area contributed by atoms with Crippen molar-refractivity contribution in [2.45, 2.75) is 25.7 Å². The molecule has 1 N–H and O–H groups in total. The van der Waals surface area contributed by atoms with E-state index in [0.29, 0.717) is 25.1 Å². The molecular weight excluding hydrogens is 312 g/mol. The fourth-order valence-electron chi connectivity index (χ4n) is 3.04. The van der Waals surface area contributed by atoms with Crippen molar-refractivity contribution in [3.8, 4) is 0 Å². The van der Waals surface area contributed by atoms with Crippen molar-refractivity contribution in [2.24, 2.45) is 0 Å². The molecule has 2 heterocycles. The zero-order chi connectivity index (χ0) is 16.4. The highest BCUT2D eigenvalue weighted by Crippen LogP contribution is 2.30. The van der Waals surface area contributed by atoms with Gasteiger partial charge in [-0.3, -0.25) is 4.79 Å². The van der Waals surface area contributed by atoms with Crippen LogP contribution in [-0.4, -0.2) is 40.0 Å². The molecule has 1 aromatic heterocycles. The quantitative estimate of drug-likeness (QED) is 0.936. The second kappa shape index (κ2) is 6.50. The van der Waals surface area contributed by atoms with E-state index >= 15 is 0 Å². The Morgan fingerprint density at radius 2 is 2.17 bits per heavy atom.